The first kappa shape index (κ1) is 14.7. The molecule has 1 N–H and O–H groups in total. The Morgan fingerprint density at radius 3 is 2.70 bits per heavy atom. The normalized spacial score (nSPS) is 10.3. The zero-order valence-corrected chi connectivity index (χ0v) is 12.2. The molecule has 0 fully saturated rings. The van der Waals surface area contributed by atoms with E-state index in [-0.39, 0.29) is 6.61 Å². The first-order chi connectivity index (χ1) is 11.3. The highest BCUT2D eigenvalue weighted by atomic mass is 16.5. The van der Waals surface area contributed by atoms with E-state index in [9.17, 15) is 9.59 Å². The predicted octanol–water partition coefficient (Wildman–Crippen LogP) is 3.80. The molecule has 3 rings (SSSR count). The van der Waals surface area contributed by atoms with Crippen molar-refractivity contribution in [3.63, 3.8) is 0 Å². The van der Waals surface area contributed by atoms with Crippen LogP contribution < -0.4 is 5.32 Å². The van der Waals surface area contributed by atoms with Gasteiger partial charge in [0.15, 0.2) is 0 Å². The second-order valence-corrected chi connectivity index (χ2v) is 4.94. The van der Waals surface area contributed by atoms with Gasteiger partial charge in [-0.25, -0.2) is 4.79 Å². The number of carbonyl (C=O) groups is 2. The van der Waals surface area contributed by atoms with E-state index in [1.165, 1.54) is 0 Å². The van der Waals surface area contributed by atoms with Crippen molar-refractivity contribution in [1.82, 2.24) is 4.98 Å². The third kappa shape index (κ3) is 3.52. The van der Waals surface area contributed by atoms with E-state index in [4.69, 9.17) is 4.74 Å². The van der Waals surface area contributed by atoms with Crippen LogP contribution >= 0.6 is 0 Å². The lowest BCUT2D eigenvalue weighted by molar-refractivity contribution is 0.112. The number of hydrogen-bond donors (Lipinski definition) is 1. The minimum Gasteiger partial charge on any atom is -0.444 e. The number of benzene rings is 2. The van der Waals surface area contributed by atoms with Crippen LogP contribution in [0.15, 0.2) is 60.8 Å². The zero-order valence-electron chi connectivity index (χ0n) is 12.2. The fraction of sp³-hybridized carbons (Fsp3) is 0.0556. The fourth-order valence-electron chi connectivity index (χ4n) is 2.20. The second kappa shape index (κ2) is 6.70. The number of rotatable bonds is 4. The molecule has 0 unspecified atom stereocenters. The van der Waals surface area contributed by atoms with E-state index in [1.807, 2.05) is 24.3 Å². The molecular weight excluding hydrogens is 292 g/mol. The molecule has 0 atom stereocenters. The summed E-state index contributed by atoms with van der Waals surface area (Å²) in [6.07, 6.45) is 1.93. The smallest absolute Gasteiger partial charge is 0.411 e. The number of fused-ring (bicyclic) bond motifs is 1. The molecule has 5 heteroatoms. The maximum Gasteiger partial charge on any atom is 0.411 e. The van der Waals surface area contributed by atoms with E-state index in [1.54, 1.807) is 36.5 Å². The Morgan fingerprint density at radius 1 is 1.09 bits per heavy atom. The molecule has 23 heavy (non-hydrogen) atoms. The minimum atomic E-state index is -0.541. The molecule has 0 aliphatic rings. The number of hydrogen-bond acceptors (Lipinski definition) is 4. The molecule has 5 nitrogen and oxygen atoms in total. The number of pyridine rings is 1. The van der Waals surface area contributed by atoms with Crippen molar-refractivity contribution in [2.24, 2.45) is 0 Å². The van der Waals surface area contributed by atoms with E-state index >= 15 is 0 Å². The molecule has 0 radical (unpaired) electrons. The molecular formula is C18H14N2O3. The number of amides is 1. The molecule has 0 aliphatic carbocycles. The highest BCUT2D eigenvalue weighted by Gasteiger charge is 2.07. The standard InChI is InChI=1S/C18H14N2O3/c21-11-13-6-8-14(9-7-13)12-23-18(22)20-17-5-1-4-16-15(17)3-2-10-19-16/h1-11H,12H2,(H,20,22). The number of carbonyl (C=O) groups excluding carboxylic acids is 2. The van der Waals surface area contributed by atoms with E-state index in [0.717, 1.165) is 22.8 Å². The van der Waals surface area contributed by atoms with Gasteiger partial charge in [-0.15, -0.1) is 0 Å². The van der Waals surface area contributed by atoms with Crippen molar-refractivity contribution >= 4 is 29.0 Å². The Bertz CT molecular complexity index is 839. The Morgan fingerprint density at radius 2 is 1.91 bits per heavy atom. The summed E-state index contributed by atoms with van der Waals surface area (Å²) >= 11 is 0. The van der Waals surface area contributed by atoms with Gasteiger partial charge in [0.25, 0.3) is 0 Å². The van der Waals surface area contributed by atoms with Crippen molar-refractivity contribution in [3.05, 3.63) is 71.9 Å². The van der Waals surface area contributed by atoms with Crippen LogP contribution in [0.1, 0.15) is 15.9 Å². The van der Waals surface area contributed by atoms with Gasteiger partial charge in [0.1, 0.15) is 12.9 Å². The third-order valence-electron chi connectivity index (χ3n) is 3.37. The predicted molar refractivity (Wildman–Crippen MR) is 87.4 cm³/mol. The summed E-state index contributed by atoms with van der Waals surface area (Å²) in [5.41, 5.74) is 2.85. The molecule has 1 heterocycles. The van der Waals surface area contributed by atoms with Gasteiger partial charge in [0.05, 0.1) is 11.2 Å². The van der Waals surface area contributed by atoms with E-state index in [2.05, 4.69) is 10.3 Å². The van der Waals surface area contributed by atoms with Gasteiger partial charge in [-0.05, 0) is 29.8 Å². The third-order valence-corrected chi connectivity index (χ3v) is 3.37. The SMILES string of the molecule is O=Cc1ccc(COC(=O)Nc2cccc3ncccc23)cc1. The van der Waals surface area contributed by atoms with Crippen LogP contribution in [0.5, 0.6) is 0 Å². The Kier molecular flexibility index (Phi) is 4.29. The van der Waals surface area contributed by atoms with Gasteiger partial charge in [-0.1, -0.05) is 30.3 Å². The molecule has 1 aromatic heterocycles. The van der Waals surface area contributed by atoms with Crippen LogP contribution in [0.2, 0.25) is 0 Å². The van der Waals surface area contributed by atoms with Crippen LogP contribution in [0, 0.1) is 0 Å². The summed E-state index contributed by atoms with van der Waals surface area (Å²) in [6.45, 7) is 0.133. The molecule has 114 valence electrons. The number of aromatic nitrogens is 1. The first-order valence-corrected chi connectivity index (χ1v) is 7.08. The number of anilines is 1. The molecule has 2 aromatic carbocycles. The topological polar surface area (TPSA) is 68.3 Å². The van der Waals surface area contributed by atoms with Gasteiger partial charge in [-0.3, -0.25) is 15.1 Å². The van der Waals surface area contributed by atoms with Crippen molar-refractivity contribution in [2.45, 2.75) is 6.61 Å². The van der Waals surface area contributed by atoms with Crippen molar-refractivity contribution in [3.8, 4) is 0 Å². The second-order valence-electron chi connectivity index (χ2n) is 4.94. The fourth-order valence-corrected chi connectivity index (χ4v) is 2.20. The van der Waals surface area contributed by atoms with Crippen LogP contribution in [0.4, 0.5) is 10.5 Å². The van der Waals surface area contributed by atoms with Crippen LogP contribution in [0.25, 0.3) is 10.9 Å². The molecule has 1 amide bonds. The van der Waals surface area contributed by atoms with Gasteiger partial charge in [-0.2, -0.15) is 0 Å². The maximum absolute atomic E-state index is 11.9. The van der Waals surface area contributed by atoms with E-state index in [0.29, 0.717) is 11.3 Å². The van der Waals surface area contributed by atoms with Gasteiger partial charge in [0, 0.05) is 17.1 Å². The minimum absolute atomic E-state index is 0.133. The lowest BCUT2D eigenvalue weighted by atomic mass is 10.2. The summed E-state index contributed by atoms with van der Waals surface area (Å²) in [6, 6.07) is 16.1. The summed E-state index contributed by atoms with van der Waals surface area (Å²) in [5, 5.41) is 3.57. The van der Waals surface area contributed by atoms with Gasteiger partial charge < -0.3 is 4.74 Å². The molecule has 0 bridgehead atoms. The lowest BCUT2D eigenvalue weighted by Crippen LogP contribution is -2.13. The van der Waals surface area contributed by atoms with Gasteiger partial charge in [0.2, 0.25) is 0 Å². The van der Waals surface area contributed by atoms with Crippen LogP contribution in [-0.4, -0.2) is 17.4 Å². The molecule has 3 aromatic rings. The summed E-state index contributed by atoms with van der Waals surface area (Å²) in [4.78, 5) is 26.8. The zero-order chi connectivity index (χ0) is 16.1. The summed E-state index contributed by atoms with van der Waals surface area (Å²) < 4.78 is 5.20. The van der Waals surface area contributed by atoms with Gasteiger partial charge >= 0.3 is 6.09 Å². The largest absolute Gasteiger partial charge is 0.444 e. The van der Waals surface area contributed by atoms with Crippen LogP contribution in [-0.2, 0) is 11.3 Å². The number of nitrogens with one attached hydrogen (secondary N) is 1. The molecule has 0 aliphatic heterocycles. The molecule has 0 saturated carbocycles. The van der Waals surface area contributed by atoms with Crippen molar-refractivity contribution in [2.75, 3.05) is 5.32 Å². The molecule has 0 spiro atoms. The van der Waals surface area contributed by atoms with Crippen molar-refractivity contribution in [1.29, 1.82) is 0 Å². The number of ether oxygens (including phenoxy) is 1. The Balaban J connectivity index is 1.65. The average molecular weight is 306 g/mol. The lowest BCUT2D eigenvalue weighted by Gasteiger charge is -2.09. The average Bonchev–Trinajstić information content (AvgIpc) is 2.61. The Labute approximate surface area is 132 Å². The van der Waals surface area contributed by atoms with Crippen LogP contribution in [0.3, 0.4) is 0 Å². The Hall–Kier alpha value is -3.21. The maximum atomic E-state index is 11.9. The molecule has 0 saturated heterocycles. The highest BCUT2D eigenvalue weighted by molar-refractivity contribution is 5.98. The van der Waals surface area contributed by atoms with Crippen molar-refractivity contribution < 1.29 is 14.3 Å². The summed E-state index contributed by atoms with van der Waals surface area (Å²) in [7, 11) is 0. The first-order valence-electron chi connectivity index (χ1n) is 7.08. The summed E-state index contributed by atoms with van der Waals surface area (Å²) in [5.74, 6) is 0. The highest BCUT2D eigenvalue weighted by Crippen LogP contribution is 2.21. The monoisotopic (exact) mass is 306 g/mol. The number of nitrogens with zero attached hydrogens (tertiary/aromatic N) is 1. The quantitative estimate of drug-likeness (QED) is 0.744. The van der Waals surface area contributed by atoms with E-state index < -0.39 is 6.09 Å². The number of aldehydes is 1.